The average Bonchev–Trinajstić information content (AvgIpc) is 2.38. The van der Waals surface area contributed by atoms with Gasteiger partial charge in [0.1, 0.15) is 0 Å². The third-order valence-electron chi connectivity index (χ3n) is 3.36. The Kier molecular flexibility index (Phi) is 3.75. The van der Waals surface area contributed by atoms with Crippen molar-refractivity contribution in [1.29, 1.82) is 0 Å². The van der Waals surface area contributed by atoms with Crippen LogP contribution in [0.4, 0.5) is 0 Å². The van der Waals surface area contributed by atoms with E-state index in [4.69, 9.17) is 0 Å². The molecule has 0 aliphatic rings. The molecular formula is C15H19NO. The van der Waals surface area contributed by atoms with Gasteiger partial charge in [0.05, 0.1) is 11.6 Å². The number of aromatic nitrogens is 1. The lowest BCUT2D eigenvalue weighted by Gasteiger charge is -2.18. The maximum Gasteiger partial charge on any atom is 0.0704 e. The van der Waals surface area contributed by atoms with Crippen molar-refractivity contribution < 1.29 is 5.11 Å². The normalized spacial score (nSPS) is 14.8. The van der Waals surface area contributed by atoms with E-state index in [1.807, 2.05) is 31.3 Å². The van der Waals surface area contributed by atoms with Crippen molar-refractivity contribution in [2.45, 2.75) is 32.8 Å². The molecule has 1 N–H and O–H groups in total. The Bertz CT molecular complexity index is 490. The zero-order chi connectivity index (χ0) is 12.3. The van der Waals surface area contributed by atoms with Gasteiger partial charge < -0.3 is 5.11 Å². The molecule has 0 aliphatic carbocycles. The highest BCUT2D eigenvalue weighted by atomic mass is 16.3. The first-order valence-corrected chi connectivity index (χ1v) is 6.23. The summed E-state index contributed by atoms with van der Waals surface area (Å²) in [5.41, 5.74) is 2.30. The summed E-state index contributed by atoms with van der Waals surface area (Å²) in [6.45, 7) is 4.12. The highest BCUT2D eigenvalue weighted by Crippen LogP contribution is 2.21. The second kappa shape index (κ2) is 5.28. The van der Waals surface area contributed by atoms with Gasteiger partial charge in [-0.25, -0.2) is 0 Å². The largest absolute Gasteiger partial charge is 0.393 e. The Labute approximate surface area is 102 Å². The summed E-state index contributed by atoms with van der Waals surface area (Å²) in [6.07, 6.45) is 3.34. The Hall–Kier alpha value is -1.41. The Balaban J connectivity index is 2.30. The number of pyridine rings is 1. The maximum absolute atomic E-state index is 9.84. The van der Waals surface area contributed by atoms with Gasteiger partial charge in [0, 0.05) is 11.6 Å². The maximum atomic E-state index is 9.84. The molecule has 0 fully saturated rings. The van der Waals surface area contributed by atoms with Gasteiger partial charge in [0.25, 0.3) is 0 Å². The predicted molar refractivity (Wildman–Crippen MR) is 70.9 cm³/mol. The van der Waals surface area contributed by atoms with Gasteiger partial charge in [-0.05, 0) is 36.5 Å². The van der Waals surface area contributed by atoms with Crippen molar-refractivity contribution >= 4 is 10.9 Å². The highest BCUT2D eigenvalue weighted by molar-refractivity contribution is 5.81. The van der Waals surface area contributed by atoms with Gasteiger partial charge in [-0.2, -0.15) is 0 Å². The summed E-state index contributed by atoms with van der Waals surface area (Å²) >= 11 is 0. The summed E-state index contributed by atoms with van der Waals surface area (Å²) < 4.78 is 0. The molecule has 17 heavy (non-hydrogen) atoms. The second-order valence-corrected chi connectivity index (χ2v) is 4.64. The molecule has 2 aromatic rings. The van der Waals surface area contributed by atoms with E-state index in [9.17, 15) is 5.11 Å². The fourth-order valence-electron chi connectivity index (χ4n) is 2.22. The van der Waals surface area contributed by atoms with E-state index in [-0.39, 0.29) is 12.0 Å². The molecule has 0 radical (unpaired) electrons. The van der Waals surface area contributed by atoms with E-state index in [2.05, 4.69) is 24.0 Å². The van der Waals surface area contributed by atoms with E-state index in [0.29, 0.717) is 0 Å². The zero-order valence-electron chi connectivity index (χ0n) is 10.4. The van der Waals surface area contributed by atoms with E-state index in [1.165, 1.54) is 10.9 Å². The molecule has 0 bridgehead atoms. The summed E-state index contributed by atoms with van der Waals surface area (Å²) in [6, 6.07) is 10.2. The van der Waals surface area contributed by atoms with Gasteiger partial charge in [-0.3, -0.25) is 4.98 Å². The van der Waals surface area contributed by atoms with Gasteiger partial charge in [0.2, 0.25) is 0 Å². The predicted octanol–water partition coefficient (Wildman–Crippen LogP) is 3.18. The SMILES string of the molecule is CCC(O)C(C)Cc1ccnc2ccccc12. The van der Waals surface area contributed by atoms with Crippen LogP contribution in [0, 0.1) is 5.92 Å². The van der Waals surface area contributed by atoms with Gasteiger partial charge in [-0.15, -0.1) is 0 Å². The number of aliphatic hydroxyl groups excluding tert-OH is 1. The zero-order valence-corrected chi connectivity index (χ0v) is 10.4. The molecular weight excluding hydrogens is 210 g/mol. The van der Waals surface area contributed by atoms with Crippen molar-refractivity contribution in [2.75, 3.05) is 0 Å². The van der Waals surface area contributed by atoms with Crippen LogP contribution in [0.25, 0.3) is 10.9 Å². The number of aliphatic hydroxyl groups is 1. The van der Waals surface area contributed by atoms with E-state index in [0.717, 1.165) is 18.4 Å². The summed E-state index contributed by atoms with van der Waals surface area (Å²) in [5.74, 6) is 0.283. The number of benzene rings is 1. The number of nitrogens with zero attached hydrogens (tertiary/aromatic N) is 1. The quantitative estimate of drug-likeness (QED) is 0.873. The fraction of sp³-hybridized carbons (Fsp3) is 0.400. The van der Waals surface area contributed by atoms with Crippen molar-refractivity contribution in [1.82, 2.24) is 4.98 Å². The first-order chi connectivity index (χ1) is 8.22. The minimum Gasteiger partial charge on any atom is -0.393 e. The van der Waals surface area contributed by atoms with Gasteiger partial charge in [0.15, 0.2) is 0 Å². The summed E-state index contributed by atoms with van der Waals surface area (Å²) in [4.78, 5) is 4.35. The summed E-state index contributed by atoms with van der Waals surface area (Å²) in [7, 11) is 0. The smallest absolute Gasteiger partial charge is 0.0704 e. The molecule has 90 valence electrons. The van der Waals surface area contributed by atoms with E-state index >= 15 is 0 Å². The highest BCUT2D eigenvalue weighted by Gasteiger charge is 2.13. The molecule has 0 spiro atoms. The minimum absolute atomic E-state index is 0.220. The fourth-order valence-corrected chi connectivity index (χ4v) is 2.22. The van der Waals surface area contributed by atoms with Crippen molar-refractivity contribution in [3.05, 3.63) is 42.1 Å². The van der Waals surface area contributed by atoms with Gasteiger partial charge >= 0.3 is 0 Å². The van der Waals surface area contributed by atoms with Crippen LogP contribution in [0.2, 0.25) is 0 Å². The van der Waals surface area contributed by atoms with Crippen LogP contribution >= 0.6 is 0 Å². The Morgan fingerprint density at radius 1 is 1.24 bits per heavy atom. The number of hydrogen-bond donors (Lipinski definition) is 1. The Morgan fingerprint density at radius 2 is 2.00 bits per heavy atom. The topological polar surface area (TPSA) is 33.1 Å². The number of para-hydroxylation sites is 1. The molecule has 1 aromatic heterocycles. The van der Waals surface area contributed by atoms with Crippen molar-refractivity contribution in [3.8, 4) is 0 Å². The molecule has 0 amide bonds. The lowest BCUT2D eigenvalue weighted by Crippen LogP contribution is -2.18. The molecule has 2 heteroatoms. The molecule has 2 atom stereocenters. The lowest BCUT2D eigenvalue weighted by atomic mass is 9.93. The van der Waals surface area contributed by atoms with Crippen LogP contribution < -0.4 is 0 Å². The average molecular weight is 229 g/mol. The first-order valence-electron chi connectivity index (χ1n) is 6.23. The minimum atomic E-state index is -0.220. The van der Waals surface area contributed by atoms with E-state index in [1.54, 1.807) is 0 Å². The molecule has 0 aliphatic heterocycles. The second-order valence-electron chi connectivity index (χ2n) is 4.64. The molecule has 1 aromatic carbocycles. The molecule has 2 nitrogen and oxygen atoms in total. The van der Waals surface area contributed by atoms with Crippen LogP contribution in [-0.2, 0) is 6.42 Å². The molecule has 2 unspecified atom stereocenters. The number of fused-ring (bicyclic) bond motifs is 1. The molecule has 0 saturated carbocycles. The first kappa shape index (κ1) is 12.1. The molecule has 2 rings (SSSR count). The van der Waals surface area contributed by atoms with Gasteiger partial charge in [-0.1, -0.05) is 32.0 Å². The van der Waals surface area contributed by atoms with E-state index < -0.39 is 0 Å². The van der Waals surface area contributed by atoms with Crippen molar-refractivity contribution in [2.24, 2.45) is 5.92 Å². The van der Waals surface area contributed by atoms with Crippen LogP contribution in [0.5, 0.6) is 0 Å². The van der Waals surface area contributed by atoms with Crippen LogP contribution in [0.15, 0.2) is 36.5 Å². The lowest BCUT2D eigenvalue weighted by molar-refractivity contribution is 0.113. The van der Waals surface area contributed by atoms with Crippen LogP contribution in [0.3, 0.4) is 0 Å². The standard InChI is InChI=1S/C15H19NO/c1-3-15(17)11(2)10-12-8-9-16-14-7-5-4-6-13(12)14/h4-9,11,15,17H,3,10H2,1-2H3. The molecule has 0 saturated heterocycles. The van der Waals surface area contributed by atoms with Crippen LogP contribution in [-0.4, -0.2) is 16.2 Å². The van der Waals surface area contributed by atoms with Crippen LogP contribution in [0.1, 0.15) is 25.8 Å². The number of rotatable bonds is 4. The van der Waals surface area contributed by atoms with Crippen molar-refractivity contribution in [3.63, 3.8) is 0 Å². The molecule has 1 heterocycles. The number of hydrogen-bond acceptors (Lipinski definition) is 2. The third-order valence-corrected chi connectivity index (χ3v) is 3.36. The third kappa shape index (κ3) is 2.64. The monoisotopic (exact) mass is 229 g/mol. The Morgan fingerprint density at radius 3 is 2.76 bits per heavy atom. The summed E-state index contributed by atoms with van der Waals surface area (Å²) in [5, 5.41) is 11.0.